The SMILES string of the molecule is CS(=O)(=O)c1cc(F)c(C2=C(c3ccccc3)C=CC2)cc1F. The summed E-state index contributed by atoms with van der Waals surface area (Å²) in [5.74, 6) is -1.67. The molecule has 23 heavy (non-hydrogen) atoms. The highest BCUT2D eigenvalue weighted by Crippen LogP contribution is 2.37. The third-order valence-electron chi connectivity index (χ3n) is 3.76. The van der Waals surface area contributed by atoms with Crippen LogP contribution < -0.4 is 0 Å². The van der Waals surface area contributed by atoms with Gasteiger partial charge in [0.15, 0.2) is 9.84 Å². The average molecular weight is 332 g/mol. The van der Waals surface area contributed by atoms with Gasteiger partial charge in [-0.25, -0.2) is 17.2 Å². The molecule has 1 aliphatic carbocycles. The molecule has 2 nitrogen and oxygen atoms in total. The zero-order chi connectivity index (χ0) is 16.6. The molecule has 0 aliphatic heterocycles. The molecule has 2 aromatic carbocycles. The molecule has 0 heterocycles. The Hall–Kier alpha value is -2.27. The molecule has 0 N–H and O–H groups in total. The third-order valence-corrected chi connectivity index (χ3v) is 4.87. The lowest BCUT2D eigenvalue weighted by atomic mass is 9.96. The Balaban J connectivity index is 2.18. The van der Waals surface area contributed by atoms with Gasteiger partial charge in [0, 0.05) is 11.8 Å². The van der Waals surface area contributed by atoms with Crippen molar-refractivity contribution in [2.75, 3.05) is 6.26 Å². The van der Waals surface area contributed by atoms with Crippen LogP contribution in [0.2, 0.25) is 0 Å². The maximum absolute atomic E-state index is 14.4. The quantitative estimate of drug-likeness (QED) is 0.842. The van der Waals surface area contributed by atoms with Crippen molar-refractivity contribution >= 4 is 21.0 Å². The molecule has 0 bridgehead atoms. The van der Waals surface area contributed by atoms with E-state index in [2.05, 4.69) is 0 Å². The van der Waals surface area contributed by atoms with Gasteiger partial charge in [-0.2, -0.15) is 0 Å². The van der Waals surface area contributed by atoms with Crippen LogP contribution in [0.5, 0.6) is 0 Å². The van der Waals surface area contributed by atoms with Gasteiger partial charge >= 0.3 is 0 Å². The lowest BCUT2D eigenvalue weighted by molar-refractivity contribution is 0.554. The molecule has 0 fully saturated rings. The molecule has 0 saturated heterocycles. The molecule has 0 atom stereocenters. The van der Waals surface area contributed by atoms with E-state index in [4.69, 9.17) is 0 Å². The second-order valence-corrected chi connectivity index (χ2v) is 7.38. The van der Waals surface area contributed by atoms with Crippen molar-refractivity contribution in [1.29, 1.82) is 0 Å². The number of allylic oxidation sites excluding steroid dienone is 4. The van der Waals surface area contributed by atoms with E-state index in [-0.39, 0.29) is 5.56 Å². The summed E-state index contributed by atoms with van der Waals surface area (Å²) in [7, 11) is -3.81. The van der Waals surface area contributed by atoms with Crippen LogP contribution in [0.25, 0.3) is 11.1 Å². The van der Waals surface area contributed by atoms with E-state index in [9.17, 15) is 17.2 Å². The van der Waals surface area contributed by atoms with Gasteiger partial charge in [0.2, 0.25) is 0 Å². The zero-order valence-corrected chi connectivity index (χ0v) is 13.2. The monoisotopic (exact) mass is 332 g/mol. The molecule has 1 aliphatic rings. The highest BCUT2D eigenvalue weighted by atomic mass is 32.2. The second kappa shape index (κ2) is 5.74. The van der Waals surface area contributed by atoms with Gasteiger partial charge in [0.05, 0.1) is 0 Å². The number of rotatable bonds is 3. The fraction of sp³-hybridized carbons (Fsp3) is 0.111. The molecule has 118 valence electrons. The van der Waals surface area contributed by atoms with E-state index in [0.717, 1.165) is 29.5 Å². The normalized spacial score (nSPS) is 14.6. The molecule has 5 heteroatoms. The Morgan fingerprint density at radius 3 is 2.35 bits per heavy atom. The van der Waals surface area contributed by atoms with Crippen molar-refractivity contribution in [3.8, 4) is 0 Å². The molecule has 3 rings (SSSR count). The van der Waals surface area contributed by atoms with Gasteiger partial charge in [-0.3, -0.25) is 0 Å². The molecule has 2 aromatic rings. The number of halogens is 2. The molecular weight excluding hydrogens is 318 g/mol. The van der Waals surface area contributed by atoms with Crippen LogP contribution >= 0.6 is 0 Å². The van der Waals surface area contributed by atoms with Crippen LogP contribution in [0, 0.1) is 11.6 Å². The van der Waals surface area contributed by atoms with E-state index in [1.54, 1.807) is 0 Å². The summed E-state index contributed by atoms with van der Waals surface area (Å²) in [4.78, 5) is -0.619. The van der Waals surface area contributed by atoms with E-state index in [1.165, 1.54) is 0 Å². The van der Waals surface area contributed by atoms with E-state index >= 15 is 0 Å². The van der Waals surface area contributed by atoms with Gasteiger partial charge in [0.1, 0.15) is 16.5 Å². The molecule has 0 radical (unpaired) electrons. The first-order chi connectivity index (χ1) is 10.9. The Kier molecular flexibility index (Phi) is 3.90. The van der Waals surface area contributed by atoms with Crippen LogP contribution in [0.3, 0.4) is 0 Å². The smallest absolute Gasteiger partial charge is 0.178 e. The average Bonchev–Trinajstić information content (AvgIpc) is 2.98. The fourth-order valence-corrected chi connectivity index (χ4v) is 3.42. The molecule has 0 aromatic heterocycles. The molecular formula is C18H14F2O2S. The topological polar surface area (TPSA) is 34.1 Å². The molecule has 0 unspecified atom stereocenters. The summed E-state index contributed by atoms with van der Waals surface area (Å²) in [5.41, 5.74) is 2.46. The number of benzene rings is 2. The summed E-state index contributed by atoms with van der Waals surface area (Å²) in [6.45, 7) is 0. The van der Waals surface area contributed by atoms with Gasteiger partial charge in [-0.15, -0.1) is 0 Å². The summed E-state index contributed by atoms with van der Waals surface area (Å²) >= 11 is 0. The number of hydrogen-bond acceptors (Lipinski definition) is 2. The van der Waals surface area contributed by atoms with E-state index in [0.29, 0.717) is 12.0 Å². The van der Waals surface area contributed by atoms with Crippen molar-refractivity contribution in [2.45, 2.75) is 11.3 Å². The van der Waals surface area contributed by atoms with E-state index < -0.39 is 26.4 Å². The van der Waals surface area contributed by atoms with Crippen molar-refractivity contribution in [3.05, 3.63) is 77.4 Å². The molecule has 0 amide bonds. The maximum atomic E-state index is 14.4. The number of sulfone groups is 1. The lowest BCUT2D eigenvalue weighted by Gasteiger charge is -2.11. The summed E-state index contributed by atoms with van der Waals surface area (Å²) in [5, 5.41) is 0. The van der Waals surface area contributed by atoms with Gasteiger partial charge in [-0.1, -0.05) is 42.5 Å². The van der Waals surface area contributed by atoms with Crippen LogP contribution in [0.4, 0.5) is 8.78 Å². The Morgan fingerprint density at radius 2 is 1.70 bits per heavy atom. The fourth-order valence-electron chi connectivity index (χ4n) is 2.69. The van der Waals surface area contributed by atoms with Crippen LogP contribution in [0.15, 0.2) is 59.5 Å². The minimum Gasteiger partial charge on any atom is -0.224 e. The minimum absolute atomic E-state index is 0.0961. The summed E-state index contributed by atoms with van der Waals surface area (Å²) < 4.78 is 51.5. The van der Waals surface area contributed by atoms with E-state index in [1.807, 2.05) is 42.5 Å². The summed E-state index contributed by atoms with van der Waals surface area (Å²) in [6.07, 6.45) is 5.07. The minimum atomic E-state index is -3.81. The predicted molar refractivity (Wildman–Crippen MR) is 86.5 cm³/mol. The first kappa shape index (κ1) is 15.6. The highest BCUT2D eigenvalue weighted by molar-refractivity contribution is 7.90. The zero-order valence-electron chi connectivity index (χ0n) is 12.4. The Morgan fingerprint density at radius 1 is 1.00 bits per heavy atom. The van der Waals surface area contributed by atoms with Crippen LogP contribution in [-0.2, 0) is 9.84 Å². The first-order valence-corrected chi connectivity index (χ1v) is 8.91. The standard InChI is InChI=1S/C18H14F2O2S/c1-23(21,22)18-11-16(19)15(10-17(18)20)14-9-5-8-13(14)12-6-3-2-4-7-12/h2-8,10-11H,9H2,1H3. The second-order valence-electron chi connectivity index (χ2n) is 5.40. The van der Waals surface area contributed by atoms with Crippen molar-refractivity contribution in [3.63, 3.8) is 0 Å². The third kappa shape index (κ3) is 2.97. The van der Waals surface area contributed by atoms with Gasteiger partial charge < -0.3 is 0 Å². The number of hydrogen-bond donors (Lipinski definition) is 0. The van der Waals surface area contributed by atoms with Crippen LogP contribution in [0.1, 0.15) is 17.5 Å². The van der Waals surface area contributed by atoms with Crippen molar-refractivity contribution in [1.82, 2.24) is 0 Å². The Labute approximate surface area is 133 Å². The van der Waals surface area contributed by atoms with Crippen LogP contribution in [-0.4, -0.2) is 14.7 Å². The predicted octanol–water partition coefficient (Wildman–Crippen LogP) is 4.24. The molecule has 0 spiro atoms. The lowest BCUT2D eigenvalue weighted by Crippen LogP contribution is -2.04. The van der Waals surface area contributed by atoms with Gasteiger partial charge in [0.25, 0.3) is 0 Å². The highest BCUT2D eigenvalue weighted by Gasteiger charge is 2.22. The molecule has 0 saturated carbocycles. The van der Waals surface area contributed by atoms with Crippen molar-refractivity contribution < 1.29 is 17.2 Å². The first-order valence-electron chi connectivity index (χ1n) is 7.02. The Bertz CT molecular complexity index is 927. The van der Waals surface area contributed by atoms with Crippen molar-refractivity contribution in [2.24, 2.45) is 0 Å². The van der Waals surface area contributed by atoms with Gasteiger partial charge in [-0.05, 0) is 35.3 Å². The maximum Gasteiger partial charge on any atom is 0.178 e. The summed E-state index contributed by atoms with van der Waals surface area (Å²) in [6, 6.07) is 11.1. The largest absolute Gasteiger partial charge is 0.224 e.